The molecular formula is C10H13FN2O2. The highest BCUT2D eigenvalue weighted by molar-refractivity contribution is 5.84. The molecule has 0 amide bonds. The van der Waals surface area contributed by atoms with Crippen LogP contribution in [0.4, 0.5) is 4.39 Å². The Hall–Kier alpha value is -1.78. The van der Waals surface area contributed by atoms with Gasteiger partial charge in [-0.3, -0.25) is 0 Å². The Morgan fingerprint density at radius 3 is 2.80 bits per heavy atom. The molecule has 0 aliphatic carbocycles. The van der Waals surface area contributed by atoms with Crippen molar-refractivity contribution in [3.05, 3.63) is 29.6 Å². The van der Waals surface area contributed by atoms with Gasteiger partial charge in [-0.15, -0.1) is 0 Å². The molecule has 1 atom stereocenters. The molecule has 15 heavy (non-hydrogen) atoms. The molecule has 1 rings (SSSR count). The largest absolute Gasteiger partial charge is 0.483 e. The molecule has 0 bridgehead atoms. The zero-order valence-corrected chi connectivity index (χ0v) is 8.57. The monoisotopic (exact) mass is 212 g/mol. The summed E-state index contributed by atoms with van der Waals surface area (Å²) in [4.78, 5) is 0. The van der Waals surface area contributed by atoms with E-state index in [2.05, 4.69) is 5.16 Å². The molecule has 0 saturated heterocycles. The molecule has 82 valence electrons. The Balaban J connectivity index is 2.77. The first-order valence-corrected chi connectivity index (χ1v) is 4.45. The fraction of sp³-hybridized carbons (Fsp3) is 0.300. The second-order valence-electron chi connectivity index (χ2n) is 3.20. The van der Waals surface area contributed by atoms with Gasteiger partial charge in [0.25, 0.3) is 0 Å². The summed E-state index contributed by atoms with van der Waals surface area (Å²) in [7, 11) is 0. The molecule has 1 aromatic rings. The lowest BCUT2D eigenvalue weighted by Gasteiger charge is -2.13. The van der Waals surface area contributed by atoms with Crippen LogP contribution in [-0.2, 0) is 0 Å². The van der Waals surface area contributed by atoms with Crippen molar-refractivity contribution in [1.29, 1.82) is 0 Å². The van der Waals surface area contributed by atoms with E-state index in [0.29, 0.717) is 11.3 Å². The van der Waals surface area contributed by atoms with Gasteiger partial charge < -0.3 is 15.7 Å². The Bertz CT molecular complexity index is 380. The summed E-state index contributed by atoms with van der Waals surface area (Å²) in [5.74, 6) is 0.156. The summed E-state index contributed by atoms with van der Waals surface area (Å²) in [5.41, 5.74) is 5.82. The third-order valence-corrected chi connectivity index (χ3v) is 1.97. The van der Waals surface area contributed by atoms with Crippen molar-refractivity contribution in [2.75, 3.05) is 0 Å². The van der Waals surface area contributed by atoms with E-state index < -0.39 is 6.10 Å². The van der Waals surface area contributed by atoms with Gasteiger partial charge in [-0.25, -0.2) is 4.39 Å². The van der Waals surface area contributed by atoms with E-state index >= 15 is 0 Å². The van der Waals surface area contributed by atoms with Crippen LogP contribution in [0.2, 0.25) is 0 Å². The zero-order chi connectivity index (χ0) is 11.4. The van der Waals surface area contributed by atoms with Crippen molar-refractivity contribution in [2.24, 2.45) is 10.9 Å². The van der Waals surface area contributed by atoms with Gasteiger partial charge in [-0.2, -0.15) is 0 Å². The van der Waals surface area contributed by atoms with Crippen LogP contribution in [0.1, 0.15) is 12.5 Å². The molecule has 4 nitrogen and oxygen atoms in total. The van der Waals surface area contributed by atoms with Crippen molar-refractivity contribution < 1.29 is 14.3 Å². The number of benzene rings is 1. The van der Waals surface area contributed by atoms with Crippen LogP contribution in [0.3, 0.4) is 0 Å². The number of hydrogen-bond donors (Lipinski definition) is 2. The molecule has 1 unspecified atom stereocenters. The third-order valence-electron chi connectivity index (χ3n) is 1.97. The summed E-state index contributed by atoms with van der Waals surface area (Å²) >= 11 is 0. The van der Waals surface area contributed by atoms with Crippen molar-refractivity contribution in [3.8, 4) is 5.75 Å². The van der Waals surface area contributed by atoms with Gasteiger partial charge in [0.05, 0.1) is 0 Å². The van der Waals surface area contributed by atoms with E-state index in [1.807, 2.05) is 0 Å². The van der Waals surface area contributed by atoms with E-state index in [1.54, 1.807) is 19.9 Å². The van der Waals surface area contributed by atoms with Crippen LogP contribution in [0.15, 0.2) is 23.4 Å². The third kappa shape index (κ3) is 2.83. The second-order valence-corrected chi connectivity index (χ2v) is 3.20. The number of nitrogens with zero attached hydrogens (tertiary/aromatic N) is 1. The minimum atomic E-state index is -0.556. The highest BCUT2D eigenvalue weighted by Crippen LogP contribution is 2.17. The lowest BCUT2D eigenvalue weighted by atomic mass is 10.2. The number of aryl methyl sites for hydroxylation is 1. The van der Waals surface area contributed by atoms with Crippen LogP contribution < -0.4 is 10.5 Å². The molecule has 0 radical (unpaired) electrons. The van der Waals surface area contributed by atoms with Gasteiger partial charge in [0, 0.05) is 0 Å². The van der Waals surface area contributed by atoms with E-state index in [1.165, 1.54) is 12.1 Å². The Kier molecular flexibility index (Phi) is 3.49. The minimum Gasteiger partial charge on any atom is -0.483 e. The summed E-state index contributed by atoms with van der Waals surface area (Å²) < 4.78 is 18.2. The van der Waals surface area contributed by atoms with Crippen LogP contribution in [-0.4, -0.2) is 17.1 Å². The number of nitrogens with two attached hydrogens (primary N) is 1. The molecule has 0 saturated carbocycles. The van der Waals surface area contributed by atoms with Gasteiger partial charge in [-0.1, -0.05) is 5.16 Å². The molecule has 0 heterocycles. The van der Waals surface area contributed by atoms with E-state index in [-0.39, 0.29) is 11.7 Å². The predicted molar refractivity (Wildman–Crippen MR) is 54.6 cm³/mol. The summed E-state index contributed by atoms with van der Waals surface area (Å²) in [6.07, 6.45) is -0.556. The topological polar surface area (TPSA) is 67.8 Å². The highest BCUT2D eigenvalue weighted by atomic mass is 19.1. The number of hydrogen-bond acceptors (Lipinski definition) is 3. The highest BCUT2D eigenvalue weighted by Gasteiger charge is 2.09. The van der Waals surface area contributed by atoms with Crippen LogP contribution in [0.25, 0.3) is 0 Å². The van der Waals surface area contributed by atoms with Gasteiger partial charge in [-0.05, 0) is 37.6 Å². The summed E-state index contributed by atoms with van der Waals surface area (Å²) in [5, 5.41) is 11.2. The Morgan fingerprint density at radius 1 is 1.60 bits per heavy atom. The maximum Gasteiger partial charge on any atom is 0.180 e. The summed E-state index contributed by atoms with van der Waals surface area (Å²) in [6.45, 7) is 3.27. The number of amidine groups is 1. The second kappa shape index (κ2) is 4.63. The van der Waals surface area contributed by atoms with E-state index in [4.69, 9.17) is 15.7 Å². The molecule has 1 aromatic carbocycles. The molecule has 0 aromatic heterocycles. The normalized spacial score (nSPS) is 13.7. The molecule has 3 N–H and O–H groups in total. The van der Waals surface area contributed by atoms with Crippen molar-refractivity contribution in [1.82, 2.24) is 0 Å². The lowest BCUT2D eigenvalue weighted by Crippen LogP contribution is -2.31. The number of oxime groups is 1. The van der Waals surface area contributed by atoms with E-state index in [9.17, 15) is 4.39 Å². The molecule has 0 aliphatic heterocycles. The first-order valence-electron chi connectivity index (χ1n) is 4.45. The minimum absolute atomic E-state index is 0.0306. The van der Waals surface area contributed by atoms with Crippen molar-refractivity contribution in [2.45, 2.75) is 20.0 Å². The standard InChI is InChI=1S/C10H13FN2O2/c1-6-5-8(3-4-9(6)11)15-7(2)10(12)13-14/h3-5,7,14H,1-2H3,(H2,12,13). The fourth-order valence-electron chi connectivity index (χ4n) is 1.04. The number of halogens is 1. The van der Waals surface area contributed by atoms with Gasteiger partial charge in [0.1, 0.15) is 11.6 Å². The first kappa shape index (κ1) is 11.3. The fourth-order valence-corrected chi connectivity index (χ4v) is 1.04. The van der Waals surface area contributed by atoms with Gasteiger partial charge in [0.2, 0.25) is 0 Å². The van der Waals surface area contributed by atoms with Crippen molar-refractivity contribution >= 4 is 5.84 Å². The predicted octanol–water partition coefficient (Wildman–Crippen LogP) is 1.65. The average Bonchev–Trinajstić information content (AvgIpc) is 2.22. The van der Waals surface area contributed by atoms with Crippen molar-refractivity contribution in [3.63, 3.8) is 0 Å². The Morgan fingerprint density at radius 2 is 2.27 bits per heavy atom. The van der Waals surface area contributed by atoms with Crippen LogP contribution in [0.5, 0.6) is 5.75 Å². The summed E-state index contributed by atoms with van der Waals surface area (Å²) in [6, 6.07) is 4.35. The number of rotatable bonds is 3. The molecule has 0 aliphatic rings. The maximum atomic E-state index is 12.9. The quantitative estimate of drug-likeness (QED) is 0.346. The van der Waals surface area contributed by atoms with E-state index in [0.717, 1.165) is 0 Å². The zero-order valence-electron chi connectivity index (χ0n) is 8.57. The van der Waals surface area contributed by atoms with Gasteiger partial charge in [0.15, 0.2) is 11.9 Å². The smallest absolute Gasteiger partial charge is 0.180 e. The molecule has 5 heteroatoms. The Labute approximate surface area is 87.2 Å². The molecule has 0 spiro atoms. The maximum absolute atomic E-state index is 12.9. The first-order chi connectivity index (χ1) is 7.04. The molecular weight excluding hydrogens is 199 g/mol. The SMILES string of the molecule is Cc1cc(OC(C)/C(N)=N/O)ccc1F. The average molecular weight is 212 g/mol. The van der Waals surface area contributed by atoms with Crippen LogP contribution >= 0.6 is 0 Å². The van der Waals surface area contributed by atoms with Gasteiger partial charge >= 0.3 is 0 Å². The lowest BCUT2D eigenvalue weighted by molar-refractivity contribution is 0.265. The van der Waals surface area contributed by atoms with Crippen LogP contribution in [0, 0.1) is 12.7 Å². The molecule has 0 fully saturated rings. The number of ether oxygens (including phenoxy) is 1.